The second-order valence-corrected chi connectivity index (χ2v) is 6.58. The van der Waals surface area contributed by atoms with Crippen LogP contribution in [0.15, 0.2) is 35.2 Å². The Balaban J connectivity index is 0.00000242. The van der Waals surface area contributed by atoms with E-state index in [0.29, 0.717) is 6.54 Å². The van der Waals surface area contributed by atoms with Crippen molar-refractivity contribution < 1.29 is 4.79 Å². The van der Waals surface area contributed by atoms with Gasteiger partial charge in [0.1, 0.15) is 6.29 Å². The molecule has 0 saturated carbocycles. The van der Waals surface area contributed by atoms with E-state index < -0.39 is 0 Å². The summed E-state index contributed by atoms with van der Waals surface area (Å²) >= 11 is 1.83. The predicted molar refractivity (Wildman–Crippen MR) is 96.0 cm³/mol. The molecule has 1 aliphatic rings. The van der Waals surface area contributed by atoms with E-state index in [1.54, 1.807) is 0 Å². The number of hydrogen-bond acceptors (Lipinski definition) is 5. The van der Waals surface area contributed by atoms with Gasteiger partial charge in [-0.25, -0.2) is 0 Å². The second kappa shape index (κ2) is 11.0. The molecule has 1 saturated heterocycles. The SMILES string of the molecule is Cl.N[C@H](CCN1CCN(CC=O)CC1)CSc1ccccc1. The van der Waals surface area contributed by atoms with Crippen molar-refractivity contribution in [3.05, 3.63) is 30.3 Å². The zero-order chi connectivity index (χ0) is 14.9. The third-order valence-electron chi connectivity index (χ3n) is 3.82. The number of hydrogen-bond donors (Lipinski definition) is 1. The fourth-order valence-corrected chi connectivity index (χ4v) is 3.38. The number of carbonyl (C=O) groups is 1. The zero-order valence-corrected chi connectivity index (χ0v) is 14.5. The Morgan fingerprint density at radius 2 is 1.77 bits per heavy atom. The Morgan fingerprint density at radius 3 is 2.41 bits per heavy atom. The minimum atomic E-state index is 0. The van der Waals surface area contributed by atoms with E-state index >= 15 is 0 Å². The molecule has 2 N–H and O–H groups in total. The summed E-state index contributed by atoms with van der Waals surface area (Å²) in [7, 11) is 0. The lowest BCUT2D eigenvalue weighted by molar-refractivity contribution is -0.109. The van der Waals surface area contributed by atoms with Crippen molar-refractivity contribution in [2.45, 2.75) is 17.4 Å². The minimum Gasteiger partial charge on any atom is -0.327 e. The number of piperazine rings is 1. The summed E-state index contributed by atoms with van der Waals surface area (Å²) < 4.78 is 0. The molecule has 0 amide bonds. The van der Waals surface area contributed by atoms with E-state index in [1.165, 1.54) is 4.90 Å². The molecular weight excluding hydrogens is 318 g/mol. The van der Waals surface area contributed by atoms with Crippen LogP contribution in [0.5, 0.6) is 0 Å². The lowest BCUT2D eigenvalue weighted by Crippen LogP contribution is -2.47. The van der Waals surface area contributed by atoms with Crippen molar-refractivity contribution in [3.63, 3.8) is 0 Å². The quantitative estimate of drug-likeness (QED) is 0.575. The van der Waals surface area contributed by atoms with Crippen LogP contribution in [0.1, 0.15) is 6.42 Å². The van der Waals surface area contributed by atoms with E-state index in [-0.39, 0.29) is 18.4 Å². The van der Waals surface area contributed by atoms with Gasteiger partial charge in [0.2, 0.25) is 0 Å². The Labute approximate surface area is 143 Å². The van der Waals surface area contributed by atoms with E-state index in [4.69, 9.17) is 5.73 Å². The van der Waals surface area contributed by atoms with E-state index in [9.17, 15) is 4.79 Å². The van der Waals surface area contributed by atoms with Crippen molar-refractivity contribution in [1.82, 2.24) is 9.80 Å². The fourth-order valence-electron chi connectivity index (χ4n) is 2.45. The number of nitrogens with two attached hydrogens (primary N) is 1. The molecule has 1 atom stereocenters. The van der Waals surface area contributed by atoms with Crippen molar-refractivity contribution in [1.29, 1.82) is 0 Å². The third-order valence-corrected chi connectivity index (χ3v) is 5.02. The van der Waals surface area contributed by atoms with Gasteiger partial charge in [0.25, 0.3) is 0 Å². The number of nitrogens with zero attached hydrogens (tertiary/aromatic N) is 2. The molecule has 124 valence electrons. The maximum absolute atomic E-state index is 10.5. The highest BCUT2D eigenvalue weighted by atomic mass is 35.5. The number of aldehydes is 1. The largest absolute Gasteiger partial charge is 0.327 e. The standard InChI is InChI=1S/C16H25N3OS.ClH/c17-15(14-21-16-4-2-1-3-5-16)6-7-18-8-10-19(11-9-18)12-13-20;/h1-5,13,15H,6-12,14,17H2;1H/t15-;/m1./s1. The molecule has 22 heavy (non-hydrogen) atoms. The van der Waals surface area contributed by atoms with Crippen LogP contribution >= 0.6 is 24.2 Å². The first kappa shape index (κ1) is 19.5. The molecule has 4 nitrogen and oxygen atoms in total. The van der Waals surface area contributed by atoms with Crippen LogP contribution in [0.3, 0.4) is 0 Å². The molecule has 0 aromatic heterocycles. The summed E-state index contributed by atoms with van der Waals surface area (Å²) in [5.74, 6) is 0.967. The lowest BCUT2D eigenvalue weighted by atomic mass is 10.2. The Kier molecular flexibility index (Phi) is 9.75. The van der Waals surface area contributed by atoms with Crippen molar-refractivity contribution in [2.75, 3.05) is 45.0 Å². The first-order chi connectivity index (χ1) is 10.3. The van der Waals surface area contributed by atoms with Gasteiger partial charge in [-0.2, -0.15) is 0 Å². The van der Waals surface area contributed by atoms with Crippen LogP contribution in [0.4, 0.5) is 0 Å². The van der Waals surface area contributed by atoms with Gasteiger partial charge in [0.05, 0.1) is 6.54 Å². The average Bonchev–Trinajstić information content (AvgIpc) is 2.53. The third kappa shape index (κ3) is 7.11. The highest BCUT2D eigenvalue weighted by molar-refractivity contribution is 7.99. The Hall–Kier alpha value is -0.590. The van der Waals surface area contributed by atoms with Crippen LogP contribution in [0.25, 0.3) is 0 Å². The van der Waals surface area contributed by atoms with Gasteiger partial charge in [0, 0.05) is 42.9 Å². The molecule has 1 heterocycles. The molecule has 0 spiro atoms. The first-order valence-corrected chi connectivity index (χ1v) is 8.58. The van der Waals surface area contributed by atoms with Crippen LogP contribution in [0.2, 0.25) is 0 Å². The molecule has 0 aliphatic carbocycles. The molecule has 0 bridgehead atoms. The highest BCUT2D eigenvalue weighted by Crippen LogP contribution is 2.18. The molecule has 1 aliphatic heterocycles. The summed E-state index contributed by atoms with van der Waals surface area (Å²) in [4.78, 5) is 16.4. The Morgan fingerprint density at radius 1 is 1.14 bits per heavy atom. The predicted octanol–water partition coefficient (Wildman–Crippen LogP) is 1.73. The average molecular weight is 344 g/mol. The number of benzene rings is 1. The molecule has 1 aromatic rings. The van der Waals surface area contributed by atoms with Crippen molar-refractivity contribution in [3.8, 4) is 0 Å². The highest BCUT2D eigenvalue weighted by Gasteiger charge is 2.16. The van der Waals surface area contributed by atoms with Crippen LogP contribution in [-0.4, -0.2) is 67.1 Å². The van der Waals surface area contributed by atoms with E-state index in [1.807, 2.05) is 17.8 Å². The smallest absolute Gasteiger partial charge is 0.133 e. The van der Waals surface area contributed by atoms with E-state index in [2.05, 4.69) is 34.1 Å². The summed E-state index contributed by atoms with van der Waals surface area (Å²) in [5.41, 5.74) is 6.21. The molecule has 0 unspecified atom stereocenters. The number of thioether (sulfide) groups is 1. The van der Waals surface area contributed by atoms with E-state index in [0.717, 1.165) is 51.2 Å². The van der Waals surface area contributed by atoms with Gasteiger partial charge >= 0.3 is 0 Å². The summed E-state index contributed by atoms with van der Waals surface area (Å²) in [6.07, 6.45) is 2.03. The molecule has 2 rings (SSSR count). The first-order valence-electron chi connectivity index (χ1n) is 7.59. The number of rotatable bonds is 8. The monoisotopic (exact) mass is 343 g/mol. The fraction of sp³-hybridized carbons (Fsp3) is 0.562. The topological polar surface area (TPSA) is 49.6 Å². The molecule has 0 radical (unpaired) electrons. The maximum atomic E-state index is 10.5. The molecule has 6 heteroatoms. The van der Waals surface area contributed by atoms with Gasteiger partial charge in [-0.05, 0) is 25.1 Å². The molecular formula is C16H26ClN3OS. The number of halogens is 1. The van der Waals surface area contributed by atoms with Crippen molar-refractivity contribution >= 4 is 30.5 Å². The van der Waals surface area contributed by atoms with Crippen LogP contribution in [-0.2, 0) is 4.79 Å². The van der Waals surface area contributed by atoms with Gasteiger partial charge in [-0.3, -0.25) is 4.90 Å². The summed E-state index contributed by atoms with van der Waals surface area (Å²) in [6.45, 7) is 5.71. The van der Waals surface area contributed by atoms with Gasteiger partial charge in [0.15, 0.2) is 0 Å². The molecule has 1 aromatic carbocycles. The zero-order valence-electron chi connectivity index (χ0n) is 12.9. The second-order valence-electron chi connectivity index (χ2n) is 5.48. The minimum absolute atomic E-state index is 0. The van der Waals surface area contributed by atoms with Crippen LogP contribution in [0, 0.1) is 0 Å². The summed E-state index contributed by atoms with van der Waals surface area (Å²) in [6, 6.07) is 10.7. The molecule has 1 fully saturated rings. The number of carbonyl (C=O) groups excluding carboxylic acids is 1. The van der Waals surface area contributed by atoms with Gasteiger partial charge in [-0.15, -0.1) is 24.2 Å². The van der Waals surface area contributed by atoms with Crippen molar-refractivity contribution in [2.24, 2.45) is 5.73 Å². The normalized spacial score (nSPS) is 17.7. The maximum Gasteiger partial charge on any atom is 0.133 e. The lowest BCUT2D eigenvalue weighted by Gasteiger charge is -2.34. The van der Waals surface area contributed by atoms with Gasteiger partial charge < -0.3 is 15.4 Å². The summed E-state index contributed by atoms with van der Waals surface area (Å²) in [5, 5.41) is 0. The van der Waals surface area contributed by atoms with Gasteiger partial charge in [-0.1, -0.05) is 18.2 Å². The van der Waals surface area contributed by atoms with Crippen LogP contribution < -0.4 is 5.73 Å². The Bertz CT molecular complexity index is 413.